The van der Waals surface area contributed by atoms with Gasteiger partial charge in [0.2, 0.25) is 0 Å². The molecule has 3 amide bonds. The summed E-state index contributed by atoms with van der Waals surface area (Å²) in [6.45, 7) is 15.7. The predicted octanol–water partition coefficient (Wildman–Crippen LogP) is 11.6. The molecule has 2 aromatic carbocycles. The molecular weight excluding hydrogens is 683 g/mol. The van der Waals surface area contributed by atoms with Crippen LogP contribution in [0.4, 0.5) is 10.5 Å². The van der Waals surface area contributed by atoms with E-state index in [9.17, 15) is 14.4 Å². The summed E-state index contributed by atoms with van der Waals surface area (Å²) in [5.74, 6) is 4.18. The number of unbranched alkanes of at least 4 members (excludes halogenated alkanes) is 3. The minimum absolute atomic E-state index is 0.0919. The highest BCUT2D eigenvalue weighted by Crippen LogP contribution is 2.67. The van der Waals surface area contributed by atoms with Gasteiger partial charge in [0.1, 0.15) is 6.10 Å². The van der Waals surface area contributed by atoms with Gasteiger partial charge in [-0.15, -0.1) is 0 Å². The summed E-state index contributed by atoms with van der Waals surface area (Å²) >= 11 is 0. The normalized spacial score (nSPS) is 30.4. The monoisotopic (exact) mass is 752 g/mol. The number of imide groups is 1. The van der Waals surface area contributed by atoms with Crippen molar-refractivity contribution in [3.05, 3.63) is 53.1 Å². The Morgan fingerprint density at radius 3 is 2.47 bits per heavy atom. The Morgan fingerprint density at radius 1 is 0.891 bits per heavy atom. The molecule has 8 atom stereocenters. The zero-order valence-corrected chi connectivity index (χ0v) is 34.8. The van der Waals surface area contributed by atoms with Crippen LogP contribution in [-0.4, -0.2) is 48.5 Å². The number of nitrogens with zero attached hydrogens (tertiary/aromatic N) is 1. The Hall–Kier alpha value is -3.35. The first kappa shape index (κ1) is 39.9. The number of anilines is 1. The van der Waals surface area contributed by atoms with Crippen LogP contribution in [0.15, 0.2) is 42.0 Å². The highest BCUT2D eigenvalue weighted by molar-refractivity contribution is 6.26. The summed E-state index contributed by atoms with van der Waals surface area (Å²) in [5, 5.41) is 7.99. The molecule has 7 heteroatoms. The molecule has 7 rings (SSSR count). The molecule has 5 aliphatic rings. The summed E-state index contributed by atoms with van der Waals surface area (Å²) in [6, 6.07) is 9.44. The lowest BCUT2D eigenvalue weighted by molar-refractivity contribution is -0.0581. The third kappa shape index (κ3) is 7.72. The topological polar surface area (TPSA) is 87.7 Å². The van der Waals surface area contributed by atoms with Crippen LogP contribution >= 0.6 is 0 Å². The largest absolute Gasteiger partial charge is 0.446 e. The van der Waals surface area contributed by atoms with Crippen molar-refractivity contribution in [3.63, 3.8) is 0 Å². The fraction of sp³-hybridized carbons (Fsp3) is 0.688. The number of hydrogen-bond donors (Lipinski definition) is 2. The van der Waals surface area contributed by atoms with E-state index in [0.717, 1.165) is 78.8 Å². The van der Waals surface area contributed by atoms with E-state index >= 15 is 0 Å². The van der Waals surface area contributed by atoms with E-state index in [1.165, 1.54) is 81.1 Å². The SMILES string of the molecule is CCCCCCNc1ccc2c3c(cccc13)C(=O)N(CCNC(=O)OC1CC[C@@]3(C)C(=CC[C@H]4[C@@H]5CC[C@H]([C@H](C)CCCC(C)C)[C@@]5(C)CC[C@@H]43)C1)C2=O. The Morgan fingerprint density at radius 2 is 1.69 bits per heavy atom. The summed E-state index contributed by atoms with van der Waals surface area (Å²) in [6.07, 6.45) is 20.1. The minimum Gasteiger partial charge on any atom is -0.446 e. The van der Waals surface area contributed by atoms with Gasteiger partial charge in [-0.3, -0.25) is 14.5 Å². The van der Waals surface area contributed by atoms with Crippen LogP contribution in [0.25, 0.3) is 10.8 Å². The fourth-order valence-corrected chi connectivity index (χ4v) is 12.5. The van der Waals surface area contributed by atoms with Crippen LogP contribution in [0.3, 0.4) is 0 Å². The van der Waals surface area contributed by atoms with Crippen LogP contribution in [0.2, 0.25) is 0 Å². The van der Waals surface area contributed by atoms with Crippen molar-refractivity contribution in [2.75, 3.05) is 25.0 Å². The Kier molecular flexibility index (Phi) is 12.1. The third-order valence-corrected chi connectivity index (χ3v) is 15.5. The average molecular weight is 752 g/mol. The number of ether oxygens (including phenoxy) is 1. The van der Waals surface area contributed by atoms with Gasteiger partial charge >= 0.3 is 6.09 Å². The Balaban J connectivity index is 0.914. The molecule has 7 nitrogen and oxygen atoms in total. The second kappa shape index (κ2) is 16.6. The molecular formula is C48H69N3O4. The van der Waals surface area contributed by atoms with Crippen molar-refractivity contribution >= 4 is 34.4 Å². The van der Waals surface area contributed by atoms with Crippen molar-refractivity contribution in [1.82, 2.24) is 10.2 Å². The molecule has 4 aliphatic carbocycles. The molecule has 1 aliphatic heterocycles. The summed E-state index contributed by atoms with van der Waals surface area (Å²) in [4.78, 5) is 41.6. The lowest BCUT2D eigenvalue weighted by Crippen LogP contribution is -2.51. The number of carbonyl (C=O) groups excluding carboxylic acids is 3. The van der Waals surface area contributed by atoms with Crippen molar-refractivity contribution in [2.45, 2.75) is 144 Å². The van der Waals surface area contributed by atoms with Crippen LogP contribution in [0.5, 0.6) is 0 Å². The molecule has 0 aromatic heterocycles. The van der Waals surface area contributed by atoms with Gasteiger partial charge in [-0.05, 0) is 116 Å². The highest BCUT2D eigenvalue weighted by Gasteiger charge is 2.59. The molecule has 1 unspecified atom stereocenters. The van der Waals surface area contributed by atoms with E-state index in [-0.39, 0.29) is 36.4 Å². The first-order valence-electron chi connectivity index (χ1n) is 22.3. The predicted molar refractivity (Wildman–Crippen MR) is 223 cm³/mol. The molecule has 2 aromatic rings. The van der Waals surface area contributed by atoms with Crippen molar-refractivity contribution < 1.29 is 19.1 Å². The van der Waals surface area contributed by atoms with Crippen molar-refractivity contribution in [1.29, 1.82) is 0 Å². The third-order valence-electron chi connectivity index (χ3n) is 15.5. The quantitative estimate of drug-likeness (QED) is 0.107. The number of rotatable bonds is 15. The van der Waals surface area contributed by atoms with Crippen LogP contribution < -0.4 is 10.6 Å². The molecule has 3 saturated carbocycles. The molecule has 0 bridgehead atoms. The molecule has 0 saturated heterocycles. The van der Waals surface area contributed by atoms with Crippen LogP contribution in [0.1, 0.15) is 159 Å². The summed E-state index contributed by atoms with van der Waals surface area (Å²) in [5.41, 5.74) is 4.18. The molecule has 1 heterocycles. The number of amides is 3. The maximum absolute atomic E-state index is 13.6. The number of fused-ring (bicyclic) bond motifs is 5. The number of alkyl carbamates (subject to hydrolysis) is 1. The molecule has 300 valence electrons. The van der Waals surface area contributed by atoms with Crippen molar-refractivity contribution in [3.8, 4) is 0 Å². The molecule has 2 N–H and O–H groups in total. The van der Waals surface area contributed by atoms with Gasteiger partial charge in [-0.1, -0.05) is 104 Å². The van der Waals surface area contributed by atoms with Gasteiger partial charge in [-0.25, -0.2) is 4.79 Å². The van der Waals surface area contributed by atoms with E-state index in [0.29, 0.717) is 21.9 Å². The second-order valence-electron chi connectivity index (χ2n) is 19.1. The van der Waals surface area contributed by atoms with Gasteiger partial charge in [0.05, 0.1) is 0 Å². The minimum atomic E-state index is -0.468. The standard InChI is InChI=1S/C48H69N3O4/c1-7-8-9-10-27-49-42-22-19-38-43-36(42)15-12-16-37(43)44(52)51(45(38)53)29-28-50-46(54)55-34-23-25-47(5)33(30-34)17-18-35-40-21-20-39(32(4)14-11-13-31(2)3)48(40,6)26-24-41(35)47/h12,15-17,19,22,31-32,34-35,39-41,49H,7-11,13-14,18,20-21,23-30H2,1-6H3,(H,50,54)/t32-,34?,35+,39-,40+,41+,47+,48-/m1/s1. The van der Waals surface area contributed by atoms with Crippen molar-refractivity contribution in [2.24, 2.45) is 46.3 Å². The van der Waals surface area contributed by atoms with Gasteiger partial charge in [0, 0.05) is 53.6 Å². The molecule has 0 radical (unpaired) electrons. The fourth-order valence-electron chi connectivity index (χ4n) is 12.5. The summed E-state index contributed by atoms with van der Waals surface area (Å²) < 4.78 is 6.02. The van der Waals surface area contributed by atoms with E-state index < -0.39 is 6.09 Å². The first-order chi connectivity index (χ1) is 26.5. The van der Waals surface area contributed by atoms with Gasteiger partial charge in [0.25, 0.3) is 11.8 Å². The van der Waals surface area contributed by atoms with Crippen LogP contribution in [-0.2, 0) is 4.74 Å². The van der Waals surface area contributed by atoms with E-state index in [4.69, 9.17) is 4.74 Å². The smallest absolute Gasteiger partial charge is 0.407 e. The molecule has 0 spiro atoms. The number of nitrogens with one attached hydrogen (secondary N) is 2. The number of allylic oxidation sites excluding steroid dienone is 1. The van der Waals surface area contributed by atoms with Gasteiger partial charge in [-0.2, -0.15) is 0 Å². The second-order valence-corrected chi connectivity index (χ2v) is 19.1. The highest BCUT2D eigenvalue weighted by atomic mass is 16.6. The zero-order chi connectivity index (χ0) is 38.9. The number of hydrogen-bond acceptors (Lipinski definition) is 5. The Bertz CT molecular complexity index is 1740. The van der Waals surface area contributed by atoms with E-state index in [1.807, 2.05) is 24.3 Å². The van der Waals surface area contributed by atoms with E-state index in [2.05, 4.69) is 58.3 Å². The number of carbonyl (C=O) groups is 3. The zero-order valence-electron chi connectivity index (χ0n) is 34.8. The van der Waals surface area contributed by atoms with Gasteiger partial charge < -0.3 is 15.4 Å². The molecule has 55 heavy (non-hydrogen) atoms. The maximum Gasteiger partial charge on any atom is 0.407 e. The van der Waals surface area contributed by atoms with Crippen LogP contribution in [0, 0.1) is 46.3 Å². The molecule has 3 fully saturated rings. The Labute approximate surface area is 331 Å². The number of benzene rings is 2. The van der Waals surface area contributed by atoms with E-state index in [1.54, 1.807) is 6.07 Å². The first-order valence-corrected chi connectivity index (χ1v) is 22.3. The lowest BCUT2D eigenvalue weighted by Gasteiger charge is -2.58. The average Bonchev–Trinajstić information content (AvgIpc) is 3.52. The lowest BCUT2D eigenvalue weighted by atomic mass is 9.47. The summed E-state index contributed by atoms with van der Waals surface area (Å²) in [7, 11) is 0. The van der Waals surface area contributed by atoms with Gasteiger partial charge in [0.15, 0.2) is 0 Å². The maximum atomic E-state index is 13.6.